The van der Waals surface area contributed by atoms with Crippen molar-refractivity contribution in [2.75, 3.05) is 19.0 Å². The average molecular weight is 280 g/mol. The molecule has 0 amide bonds. The van der Waals surface area contributed by atoms with Gasteiger partial charge in [0.05, 0.1) is 26.5 Å². The number of imidazole rings is 1. The van der Waals surface area contributed by atoms with Gasteiger partial charge in [-0.25, -0.2) is 9.13 Å². The first-order valence-electron chi connectivity index (χ1n) is 5.78. The maximum absolute atomic E-state index is 4.25. The molecule has 102 valence electrons. The summed E-state index contributed by atoms with van der Waals surface area (Å²) < 4.78 is 3.86. The highest BCUT2D eigenvalue weighted by Crippen LogP contribution is 2.19. The van der Waals surface area contributed by atoms with Crippen LogP contribution in [0.4, 0.5) is 17.3 Å². The van der Waals surface area contributed by atoms with Gasteiger partial charge < -0.3 is 17.3 Å². The minimum atomic E-state index is 0. The molecule has 2 aromatic rings. The predicted octanol–water partition coefficient (Wildman–Crippen LogP) is -0.665. The average Bonchev–Trinajstić information content (AvgIpc) is 2.67. The van der Waals surface area contributed by atoms with E-state index in [-0.39, 0.29) is 12.4 Å². The molecule has 0 saturated carbocycles. The van der Waals surface area contributed by atoms with Crippen molar-refractivity contribution in [1.29, 1.82) is 0 Å². The highest BCUT2D eigenvalue weighted by atomic mass is 35.5. The highest BCUT2D eigenvalue weighted by Gasteiger charge is 2.10. The third-order valence-corrected chi connectivity index (χ3v) is 2.77. The van der Waals surface area contributed by atoms with Crippen molar-refractivity contribution in [2.24, 2.45) is 24.3 Å². The van der Waals surface area contributed by atoms with Crippen LogP contribution in [0.1, 0.15) is 0 Å². The van der Waals surface area contributed by atoms with Crippen LogP contribution in [-0.2, 0) is 14.1 Å². The first kappa shape index (κ1) is 15.2. The smallest absolute Gasteiger partial charge is 0.421 e. The molecule has 0 aliphatic carbocycles. The standard InChI is InChI=1S/C13H18N5.ClH/c1-16(2)12-7-5-11(6-8-12)14-15-13-17(3)9-10-18(13)4;/h5-10H,1-4H3;1H/q+1;/p-1. The molecule has 0 aliphatic heterocycles. The van der Waals surface area contributed by atoms with Crippen molar-refractivity contribution in [3.05, 3.63) is 36.7 Å². The minimum Gasteiger partial charge on any atom is -1.00 e. The van der Waals surface area contributed by atoms with Crippen LogP contribution in [0.2, 0.25) is 0 Å². The van der Waals surface area contributed by atoms with Gasteiger partial charge in [0, 0.05) is 24.9 Å². The molecule has 0 fully saturated rings. The van der Waals surface area contributed by atoms with Crippen LogP contribution in [0.25, 0.3) is 0 Å². The normalized spacial score (nSPS) is 10.5. The first-order chi connectivity index (χ1) is 8.58. The summed E-state index contributed by atoms with van der Waals surface area (Å²) in [7, 11) is 7.92. The number of rotatable bonds is 3. The molecule has 0 spiro atoms. The van der Waals surface area contributed by atoms with Gasteiger partial charge in [0.15, 0.2) is 0 Å². The van der Waals surface area contributed by atoms with E-state index >= 15 is 0 Å². The van der Waals surface area contributed by atoms with Crippen molar-refractivity contribution < 1.29 is 17.0 Å². The van der Waals surface area contributed by atoms with Crippen LogP contribution in [-0.4, -0.2) is 18.7 Å². The molecule has 6 heteroatoms. The van der Waals surface area contributed by atoms with Crippen molar-refractivity contribution in [3.8, 4) is 0 Å². The van der Waals surface area contributed by atoms with E-state index in [9.17, 15) is 0 Å². The highest BCUT2D eigenvalue weighted by molar-refractivity contribution is 5.51. The fourth-order valence-corrected chi connectivity index (χ4v) is 1.64. The molecular formula is C13H18ClN5. The Morgan fingerprint density at radius 2 is 1.74 bits per heavy atom. The Morgan fingerprint density at radius 1 is 1.11 bits per heavy atom. The predicted molar refractivity (Wildman–Crippen MR) is 71.5 cm³/mol. The van der Waals surface area contributed by atoms with E-state index in [4.69, 9.17) is 0 Å². The summed E-state index contributed by atoms with van der Waals surface area (Å²) in [5.74, 6) is 0.812. The molecule has 19 heavy (non-hydrogen) atoms. The monoisotopic (exact) mass is 279 g/mol. The van der Waals surface area contributed by atoms with Gasteiger partial charge in [0.25, 0.3) is 0 Å². The third kappa shape index (κ3) is 3.54. The lowest BCUT2D eigenvalue weighted by Gasteiger charge is -2.11. The molecule has 0 atom stereocenters. The Labute approximate surface area is 119 Å². The van der Waals surface area contributed by atoms with Gasteiger partial charge >= 0.3 is 5.95 Å². The third-order valence-electron chi connectivity index (χ3n) is 2.77. The Bertz CT molecular complexity index is 537. The second-order valence-electron chi connectivity index (χ2n) is 4.43. The molecule has 0 bridgehead atoms. The summed E-state index contributed by atoms with van der Waals surface area (Å²) in [6.45, 7) is 0. The maximum atomic E-state index is 4.25. The fourth-order valence-electron chi connectivity index (χ4n) is 1.64. The van der Waals surface area contributed by atoms with Gasteiger partial charge in [-0.2, -0.15) is 0 Å². The van der Waals surface area contributed by atoms with Crippen LogP contribution < -0.4 is 21.9 Å². The first-order valence-corrected chi connectivity index (χ1v) is 5.78. The molecule has 0 radical (unpaired) electrons. The van der Waals surface area contributed by atoms with Crippen LogP contribution in [0.15, 0.2) is 46.9 Å². The van der Waals surface area contributed by atoms with Crippen LogP contribution in [0, 0.1) is 0 Å². The second-order valence-corrected chi connectivity index (χ2v) is 4.43. The summed E-state index contributed by atoms with van der Waals surface area (Å²) in [6.07, 6.45) is 3.90. The summed E-state index contributed by atoms with van der Waals surface area (Å²) >= 11 is 0. The second kappa shape index (κ2) is 6.33. The van der Waals surface area contributed by atoms with Gasteiger partial charge in [0.1, 0.15) is 5.69 Å². The van der Waals surface area contributed by atoms with Crippen molar-refractivity contribution in [2.45, 2.75) is 0 Å². The van der Waals surface area contributed by atoms with Crippen LogP contribution >= 0.6 is 0 Å². The number of halogens is 1. The van der Waals surface area contributed by atoms with Gasteiger partial charge in [0.2, 0.25) is 0 Å². The molecule has 1 heterocycles. The lowest BCUT2D eigenvalue weighted by atomic mass is 10.3. The zero-order valence-electron chi connectivity index (χ0n) is 11.6. The molecule has 0 aliphatic rings. The zero-order chi connectivity index (χ0) is 13.1. The van der Waals surface area contributed by atoms with E-state index in [1.54, 1.807) is 0 Å². The summed E-state index contributed by atoms with van der Waals surface area (Å²) in [5.41, 5.74) is 2.00. The Morgan fingerprint density at radius 3 is 2.21 bits per heavy atom. The molecule has 0 unspecified atom stereocenters. The van der Waals surface area contributed by atoms with E-state index in [1.165, 1.54) is 0 Å². The van der Waals surface area contributed by atoms with Crippen molar-refractivity contribution >= 4 is 17.3 Å². The number of azo groups is 1. The van der Waals surface area contributed by atoms with E-state index in [2.05, 4.69) is 15.1 Å². The quantitative estimate of drug-likeness (QED) is 0.543. The number of hydrogen-bond donors (Lipinski definition) is 0. The minimum absolute atomic E-state index is 0. The van der Waals surface area contributed by atoms with Gasteiger partial charge in [-0.1, -0.05) is 5.11 Å². The van der Waals surface area contributed by atoms with Gasteiger partial charge in [-0.05, 0) is 24.3 Å². The molecule has 5 nitrogen and oxygen atoms in total. The number of nitrogens with zero attached hydrogens (tertiary/aromatic N) is 5. The maximum Gasteiger partial charge on any atom is 0.421 e. The largest absolute Gasteiger partial charge is 1.00 e. The van der Waals surface area contributed by atoms with Crippen LogP contribution in [0.3, 0.4) is 0 Å². The molecular weight excluding hydrogens is 262 g/mol. The lowest BCUT2D eigenvalue weighted by molar-refractivity contribution is -0.657. The van der Waals surface area contributed by atoms with Gasteiger partial charge in [-0.15, -0.1) is 0 Å². The SMILES string of the molecule is CN(C)c1ccc(/N=N/c2n(C)cc[n+]2C)cc1.[Cl-]. The Kier molecular flexibility index (Phi) is 5.06. The number of anilines is 1. The number of aromatic nitrogens is 2. The van der Waals surface area contributed by atoms with E-state index in [1.807, 2.05) is 74.0 Å². The summed E-state index contributed by atoms with van der Waals surface area (Å²) in [5, 5.41) is 8.48. The molecule has 0 saturated heterocycles. The van der Waals surface area contributed by atoms with E-state index < -0.39 is 0 Å². The number of hydrogen-bond acceptors (Lipinski definition) is 3. The topological polar surface area (TPSA) is 36.8 Å². The Balaban J connectivity index is 0.00000180. The van der Waals surface area contributed by atoms with Crippen molar-refractivity contribution in [1.82, 2.24) is 4.57 Å². The number of aryl methyl sites for hydroxylation is 2. The Hall–Kier alpha value is -1.88. The molecule has 0 N–H and O–H groups in total. The van der Waals surface area contributed by atoms with E-state index in [0.717, 1.165) is 17.3 Å². The molecule has 2 rings (SSSR count). The lowest BCUT2D eigenvalue weighted by Crippen LogP contribution is -3.00. The van der Waals surface area contributed by atoms with Crippen molar-refractivity contribution in [3.63, 3.8) is 0 Å². The number of benzene rings is 1. The summed E-state index contributed by atoms with van der Waals surface area (Å²) in [4.78, 5) is 2.05. The fraction of sp³-hybridized carbons (Fsp3) is 0.308. The van der Waals surface area contributed by atoms with E-state index in [0.29, 0.717) is 0 Å². The molecule has 1 aromatic heterocycles. The summed E-state index contributed by atoms with van der Waals surface area (Å²) in [6, 6.07) is 7.97. The zero-order valence-corrected chi connectivity index (χ0v) is 12.3. The van der Waals surface area contributed by atoms with Gasteiger partial charge in [-0.3, -0.25) is 0 Å². The van der Waals surface area contributed by atoms with Crippen LogP contribution in [0.5, 0.6) is 0 Å². The molecule has 1 aromatic carbocycles.